The molecule has 0 spiro atoms. The van der Waals surface area contributed by atoms with Crippen molar-refractivity contribution >= 4 is 16.8 Å². The number of para-hydroxylation sites is 1. The van der Waals surface area contributed by atoms with Crippen molar-refractivity contribution in [2.45, 2.75) is 69.9 Å². The molecule has 1 aromatic heterocycles. The summed E-state index contributed by atoms with van der Waals surface area (Å²) in [5, 5.41) is 0.614. The van der Waals surface area contributed by atoms with Crippen molar-refractivity contribution in [3.63, 3.8) is 0 Å². The maximum atomic E-state index is 12.7. The maximum absolute atomic E-state index is 12.7. The van der Waals surface area contributed by atoms with Crippen LogP contribution in [0, 0.1) is 0 Å². The van der Waals surface area contributed by atoms with Crippen LogP contribution >= 0.6 is 0 Å². The normalized spacial score (nSPS) is 17.9. The van der Waals surface area contributed by atoms with E-state index in [0.29, 0.717) is 36.1 Å². The first-order valence-electron chi connectivity index (χ1n) is 9.51. The molecule has 0 unspecified atom stereocenters. The van der Waals surface area contributed by atoms with Gasteiger partial charge in [-0.15, -0.1) is 0 Å². The second kappa shape index (κ2) is 6.98. The number of hydrogen-bond donors (Lipinski definition) is 1. The second-order valence-corrected chi connectivity index (χ2v) is 7.35. The summed E-state index contributed by atoms with van der Waals surface area (Å²) in [6.07, 6.45) is 9.09. The zero-order valence-corrected chi connectivity index (χ0v) is 14.5. The zero-order chi connectivity index (χ0) is 17.2. The van der Waals surface area contributed by atoms with Crippen molar-refractivity contribution in [1.29, 1.82) is 0 Å². The molecule has 1 heterocycles. The molecule has 0 saturated heterocycles. The quantitative estimate of drug-likeness (QED) is 0.879. The molecule has 0 aliphatic heterocycles. The van der Waals surface area contributed by atoms with Crippen LogP contribution in [-0.2, 0) is 11.2 Å². The van der Waals surface area contributed by atoms with Crippen molar-refractivity contribution in [3.8, 4) is 0 Å². The molecule has 0 radical (unpaired) electrons. The van der Waals surface area contributed by atoms with Crippen molar-refractivity contribution in [1.82, 2.24) is 14.9 Å². The number of rotatable bonds is 6. The highest BCUT2D eigenvalue weighted by molar-refractivity contribution is 5.78. The van der Waals surface area contributed by atoms with Crippen LogP contribution in [0.3, 0.4) is 0 Å². The summed E-state index contributed by atoms with van der Waals surface area (Å²) < 4.78 is 0. The van der Waals surface area contributed by atoms with Crippen molar-refractivity contribution in [2.75, 3.05) is 0 Å². The zero-order valence-electron chi connectivity index (χ0n) is 14.5. The third kappa shape index (κ3) is 3.60. The SMILES string of the molecule is O=C(CCCc1nc2ccccc2c(=O)[nH]1)N(C1CCCC1)C1CC1. The van der Waals surface area contributed by atoms with Gasteiger partial charge in [0.25, 0.3) is 5.56 Å². The van der Waals surface area contributed by atoms with Crippen LogP contribution in [0.25, 0.3) is 10.9 Å². The highest BCUT2D eigenvalue weighted by Gasteiger charge is 2.37. The molecule has 132 valence electrons. The molecule has 2 aliphatic carbocycles. The van der Waals surface area contributed by atoms with Gasteiger partial charge in [0.15, 0.2) is 0 Å². The van der Waals surface area contributed by atoms with E-state index in [1.54, 1.807) is 6.07 Å². The molecular weight excluding hydrogens is 314 g/mol. The third-order valence-corrected chi connectivity index (χ3v) is 5.41. The first-order chi connectivity index (χ1) is 12.2. The molecule has 2 aromatic rings. The van der Waals surface area contributed by atoms with Crippen LogP contribution < -0.4 is 5.56 Å². The van der Waals surface area contributed by atoms with Crippen molar-refractivity contribution in [2.24, 2.45) is 0 Å². The van der Waals surface area contributed by atoms with Gasteiger partial charge in [-0.1, -0.05) is 25.0 Å². The van der Waals surface area contributed by atoms with E-state index in [1.165, 1.54) is 38.5 Å². The summed E-state index contributed by atoms with van der Waals surface area (Å²) in [4.78, 5) is 34.4. The van der Waals surface area contributed by atoms with E-state index in [2.05, 4.69) is 14.9 Å². The maximum Gasteiger partial charge on any atom is 0.258 e. The fourth-order valence-corrected chi connectivity index (χ4v) is 4.03. The van der Waals surface area contributed by atoms with Gasteiger partial charge in [0, 0.05) is 24.9 Å². The first kappa shape index (κ1) is 16.3. The Bertz CT molecular complexity index is 819. The van der Waals surface area contributed by atoms with Gasteiger partial charge in [-0.3, -0.25) is 9.59 Å². The number of hydrogen-bond acceptors (Lipinski definition) is 3. The predicted octanol–water partition coefficient (Wildman–Crippen LogP) is 3.18. The molecule has 1 amide bonds. The molecule has 2 fully saturated rings. The lowest BCUT2D eigenvalue weighted by Gasteiger charge is -2.29. The van der Waals surface area contributed by atoms with E-state index in [4.69, 9.17) is 0 Å². The molecule has 5 heteroatoms. The summed E-state index contributed by atoms with van der Waals surface area (Å²) in [5.74, 6) is 0.966. The number of aromatic nitrogens is 2. The smallest absolute Gasteiger partial charge is 0.258 e. The number of aryl methyl sites for hydroxylation is 1. The van der Waals surface area contributed by atoms with E-state index < -0.39 is 0 Å². The standard InChI is InChI=1S/C20H25N3O2/c24-19(23(15-12-13-15)14-6-1-2-7-14)11-5-10-18-21-17-9-4-3-8-16(17)20(25)22-18/h3-4,8-9,14-15H,1-2,5-7,10-13H2,(H,21,22,25). The van der Waals surface area contributed by atoms with E-state index in [1.807, 2.05) is 18.2 Å². The molecule has 0 atom stereocenters. The Morgan fingerprint density at radius 3 is 2.60 bits per heavy atom. The largest absolute Gasteiger partial charge is 0.337 e. The molecular formula is C20H25N3O2. The van der Waals surface area contributed by atoms with Gasteiger partial charge >= 0.3 is 0 Å². The van der Waals surface area contributed by atoms with Gasteiger partial charge in [-0.05, 0) is 44.2 Å². The number of aromatic amines is 1. The van der Waals surface area contributed by atoms with Gasteiger partial charge in [0.1, 0.15) is 5.82 Å². The van der Waals surface area contributed by atoms with Crippen molar-refractivity contribution in [3.05, 3.63) is 40.4 Å². The van der Waals surface area contributed by atoms with Gasteiger partial charge in [-0.2, -0.15) is 0 Å². The predicted molar refractivity (Wildman–Crippen MR) is 97.4 cm³/mol. The minimum atomic E-state index is -0.0995. The summed E-state index contributed by atoms with van der Waals surface area (Å²) >= 11 is 0. The number of carbonyl (C=O) groups excluding carboxylic acids is 1. The highest BCUT2D eigenvalue weighted by Crippen LogP contribution is 2.35. The molecule has 1 N–H and O–H groups in total. The van der Waals surface area contributed by atoms with Crippen LogP contribution in [0.1, 0.15) is 57.2 Å². The number of benzene rings is 1. The Morgan fingerprint density at radius 1 is 1.12 bits per heavy atom. The van der Waals surface area contributed by atoms with Crippen LogP contribution in [-0.4, -0.2) is 32.9 Å². The summed E-state index contributed by atoms with van der Waals surface area (Å²) in [6, 6.07) is 8.33. The Morgan fingerprint density at radius 2 is 1.84 bits per heavy atom. The lowest BCUT2D eigenvalue weighted by molar-refractivity contribution is -0.134. The number of carbonyl (C=O) groups is 1. The molecule has 1 aromatic carbocycles. The number of amides is 1. The average Bonchev–Trinajstić information content (AvgIpc) is 3.29. The fourth-order valence-electron chi connectivity index (χ4n) is 4.03. The Labute approximate surface area is 147 Å². The van der Waals surface area contributed by atoms with Gasteiger partial charge < -0.3 is 9.88 Å². The summed E-state index contributed by atoms with van der Waals surface area (Å²) in [7, 11) is 0. The highest BCUT2D eigenvalue weighted by atomic mass is 16.2. The number of nitrogens with zero attached hydrogens (tertiary/aromatic N) is 2. The molecule has 25 heavy (non-hydrogen) atoms. The Balaban J connectivity index is 1.38. The summed E-state index contributed by atoms with van der Waals surface area (Å²) in [6.45, 7) is 0. The second-order valence-electron chi connectivity index (χ2n) is 7.35. The van der Waals surface area contributed by atoms with E-state index >= 15 is 0 Å². The van der Waals surface area contributed by atoms with Crippen LogP contribution in [0.4, 0.5) is 0 Å². The van der Waals surface area contributed by atoms with Crippen molar-refractivity contribution < 1.29 is 4.79 Å². The summed E-state index contributed by atoms with van der Waals surface area (Å²) in [5.41, 5.74) is 0.621. The number of fused-ring (bicyclic) bond motifs is 1. The van der Waals surface area contributed by atoms with E-state index in [-0.39, 0.29) is 11.5 Å². The molecule has 0 bridgehead atoms. The molecule has 4 rings (SSSR count). The first-order valence-corrected chi connectivity index (χ1v) is 9.51. The lowest BCUT2D eigenvalue weighted by Crippen LogP contribution is -2.40. The monoisotopic (exact) mass is 339 g/mol. The van der Waals surface area contributed by atoms with Crippen LogP contribution in [0.2, 0.25) is 0 Å². The van der Waals surface area contributed by atoms with E-state index in [9.17, 15) is 9.59 Å². The Kier molecular flexibility index (Phi) is 4.55. The van der Waals surface area contributed by atoms with Crippen LogP contribution in [0.15, 0.2) is 29.1 Å². The fraction of sp³-hybridized carbons (Fsp3) is 0.550. The molecule has 5 nitrogen and oxygen atoms in total. The third-order valence-electron chi connectivity index (χ3n) is 5.41. The Hall–Kier alpha value is -2.17. The lowest BCUT2D eigenvalue weighted by atomic mass is 10.1. The minimum absolute atomic E-state index is 0.0995. The minimum Gasteiger partial charge on any atom is -0.337 e. The van der Waals surface area contributed by atoms with Crippen LogP contribution in [0.5, 0.6) is 0 Å². The van der Waals surface area contributed by atoms with Gasteiger partial charge in [0.05, 0.1) is 10.9 Å². The molecule has 2 aliphatic rings. The topological polar surface area (TPSA) is 66.1 Å². The number of nitrogens with one attached hydrogen (secondary N) is 1. The van der Waals surface area contributed by atoms with E-state index in [0.717, 1.165) is 11.9 Å². The average molecular weight is 339 g/mol. The van der Waals surface area contributed by atoms with Gasteiger partial charge in [0.2, 0.25) is 5.91 Å². The van der Waals surface area contributed by atoms with Gasteiger partial charge in [-0.25, -0.2) is 4.98 Å². The number of H-pyrrole nitrogens is 1. The molecule has 2 saturated carbocycles.